The molecule has 104 valence electrons. The Bertz CT molecular complexity index is 482. The van der Waals surface area contributed by atoms with Gasteiger partial charge < -0.3 is 16.2 Å². The van der Waals surface area contributed by atoms with Crippen molar-refractivity contribution in [3.63, 3.8) is 0 Å². The van der Waals surface area contributed by atoms with E-state index in [1.807, 2.05) is 6.26 Å². The lowest BCUT2D eigenvalue weighted by Crippen LogP contribution is -2.41. The third kappa shape index (κ3) is 4.76. The normalized spacial score (nSPS) is 11.9. The zero-order valence-electron chi connectivity index (χ0n) is 10.4. The number of amides is 1. The Morgan fingerprint density at radius 1 is 1.53 bits per heavy atom. The van der Waals surface area contributed by atoms with Gasteiger partial charge in [-0.25, -0.2) is 4.79 Å². The maximum atomic E-state index is 12.0. The maximum Gasteiger partial charge on any atom is 0.326 e. The minimum Gasteiger partial charge on any atom is -0.480 e. The number of carboxylic acids is 1. The molecular formula is C12H15BrN2O3S. The molecule has 19 heavy (non-hydrogen) atoms. The molecule has 0 spiro atoms. The van der Waals surface area contributed by atoms with Crippen molar-refractivity contribution in [1.29, 1.82) is 0 Å². The zero-order valence-corrected chi connectivity index (χ0v) is 12.8. The standard InChI is InChI=1S/C12H15BrN2O3S/c1-19-5-4-10(12(17)18)15-11(16)8-3-2-7(13)6-9(8)14/h2-3,6,10H,4-5,14H2,1H3,(H,15,16)(H,17,18). The molecule has 0 saturated heterocycles. The number of carbonyl (C=O) groups is 2. The number of hydrogen-bond acceptors (Lipinski definition) is 4. The van der Waals surface area contributed by atoms with Crippen molar-refractivity contribution >= 4 is 45.3 Å². The first-order chi connectivity index (χ1) is 8.95. The molecule has 0 bridgehead atoms. The molecule has 4 N–H and O–H groups in total. The molecule has 7 heteroatoms. The van der Waals surface area contributed by atoms with Gasteiger partial charge in [0.25, 0.3) is 5.91 Å². The quantitative estimate of drug-likeness (QED) is 0.684. The van der Waals surface area contributed by atoms with Crippen LogP contribution in [0, 0.1) is 0 Å². The predicted octanol–water partition coefficient (Wildman–Crippen LogP) is 1.97. The minimum absolute atomic E-state index is 0.276. The topological polar surface area (TPSA) is 92.4 Å². The second-order valence-corrected chi connectivity index (χ2v) is 5.78. The fraction of sp³-hybridized carbons (Fsp3) is 0.333. The highest BCUT2D eigenvalue weighted by atomic mass is 79.9. The molecule has 0 saturated carbocycles. The van der Waals surface area contributed by atoms with E-state index in [1.54, 1.807) is 18.2 Å². The molecule has 1 unspecified atom stereocenters. The molecule has 0 aliphatic rings. The number of carboxylic acid groups (broad SMARTS) is 1. The smallest absolute Gasteiger partial charge is 0.326 e. The van der Waals surface area contributed by atoms with Crippen LogP contribution in [-0.2, 0) is 4.79 Å². The molecular weight excluding hydrogens is 332 g/mol. The second-order valence-electron chi connectivity index (χ2n) is 3.88. The van der Waals surface area contributed by atoms with Crippen LogP contribution in [0.15, 0.2) is 22.7 Å². The number of nitrogens with one attached hydrogen (secondary N) is 1. The van der Waals surface area contributed by atoms with Gasteiger partial charge >= 0.3 is 5.97 Å². The summed E-state index contributed by atoms with van der Waals surface area (Å²) >= 11 is 4.77. The number of nitrogens with two attached hydrogens (primary N) is 1. The molecule has 1 aromatic carbocycles. The Balaban J connectivity index is 2.78. The van der Waals surface area contributed by atoms with Crippen LogP contribution in [0.25, 0.3) is 0 Å². The van der Waals surface area contributed by atoms with Crippen LogP contribution in [0.5, 0.6) is 0 Å². The van der Waals surface area contributed by atoms with E-state index in [-0.39, 0.29) is 5.56 Å². The van der Waals surface area contributed by atoms with Gasteiger partial charge in [0.15, 0.2) is 0 Å². The van der Waals surface area contributed by atoms with Crippen molar-refractivity contribution in [2.24, 2.45) is 0 Å². The summed E-state index contributed by atoms with van der Waals surface area (Å²) in [5, 5.41) is 11.5. The summed E-state index contributed by atoms with van der Waals surface area (Å²) in [5.41, 5.74) is 6.31. The number of thioether (sulfide) groups is 1. The van der Waals surface area contributed by atoms with E-state index in [0.717, 1.165) is 4.47 Å². The number of rotatable bonds is 6. The number of hydrogen-bond donors (Lipinski definition) is 3. The van der Waals surface area contributed by atoms with Crippen molar-refractivity contribution in [2.45, 2.75) is 12.5 Å². The fourth-order valence-corrected chi connectivity index (χ4v) is 2.32. The summed E-state index contributed by atoms with van der Waals surface area (Å²) in [6, 6.07) is 3.94. The van der Waals surface area contributed by atoms with E-state index in [9.17, 15) is 9.59 Å². The third-order valence-corrected chi connectivity index (χ3v) is 3.61. The summed E-state index contributed by atoms with van der Waals surface area (Å²) in [5.74, 6) is -0.857. The lowest BCUT2D eigenvalue weighted by atomic mass is 10.1. The first-order valence-electron chi connectivity index (χ1n) is 5.53. The Kier molecular flexibility index (Phi) is 6.17. The predicted molar refractivity (Wildman–Crippen MR) is 80.4 cm³/mol. The van der Waals surface area contributed by atoms with Gasteiger partial charge in [-0.05, 0) is 36.6 Å². The van der Waals surface area contributed by atoms with Crippen molar-refractivity contribution < 1.29 is 14.7 Å². The van der Waals surface area contributed by atoms with Gasteiger partial charge in [0.1, 0.15) is 6.04 Å². The Morgan fingerprint density at radius 3 is 2.74 bits per heavy atom. The summed E-state index contributed by atoms with van der Waals surface area (Å²) in [4.78, 5) is 23.0. The fourth-order valence-electron chi connectivity index (χ4n) is 1.47. The average molecular weight is 347 g/mol. The van der Waals surface area contributed by atoms with Crippen molar-refractivity contribution in [2.75, 3.05) is 17.7 Å². The molecule has 1 amide bonds. The highest BCUT2D eigenvalue weighted by Gasteiger charge is 2.21. The zero-order chi connectivity index (χ0) is 14.4. The molecule has 0 heterocycles. The van der Waals surface area contributed by atoms with Crippen molar-refractivity contribution in [1.82, 2.24) is 5.32 Å². The lowest BCUT2D eigenvalue weighted by molar-refractivity contribution is -0.139. The van der Waals surface area contributed by atoms with E-state index < -0.39 is 17.9 Å². The van der Waals surface area contributed by atoms with E-state index in [4.69, 9.17) is 10.8 Å². The summed E-state index contributed by atoms with van der Waals surface area (Å²) < 4.78 is 0.763. The number of anilines is 1. The highest BCUT2D eigenvalue weighted by molar-refractivity contribution is 9.10. The summed E-state index contributed by atoms with van der Waals surface area (Å²) in [6.07, 6.45) is 2.26. The molecule has 0 aliphatic heterocycles. The van der Waals surface area contributed by atoms with Crippen LogP contribution in [-0.4, -0.2) is 35.0 Å². The summed E-state index contributed by atoms with van der Waals surface area (Å²) in [6.45, 7) is 0. The number of halogens is 1. The Morgan fingerprint density at radius 2 is 2.21 bits per heavy atom. The van der Waals surface area contributed by atoms with Crippen LogP contribution in [0.4, 0.5) is 5.69 Å². The Hall–Kier alpha value is -1.21. The van der Waals surface area contributed by atoms with Crippen LogP contribution < -0.4 is 11.1 Å². The molecule has 0 fully saturated rings. The van der Waals surface area contributed by atoms with Crippen molar-refractivity contribution in [3.8, 4) is 0 Å². The monoisotopic (exact) mass is 346 g/mol. The molecule has 0 radical (unpaired) electrons. The SMILES string of the molecule is CSCCC(NC(=O)c1ccc(Br)cc1N)C(=O)O. The first-order valence-corrected chi connectivity index (χ1v) is 7.72. The average Bonchev–Trinajstić information content (AvgIpc) is 2.33. The maximum absolute atomic E-state index is 12.0. The number of nitrogen functional groups attached to an aromatic ring is 1. The van der Waals surface area contributed by atoms with E-state index in [0.29, 0.717) is 17.9 Å². The van der Waals surface area contributed by atoms with Crippen LogP contribution in [0.3, 0.4) is 0 Å². The molecule has 0 aromatic heterocycles. The minimum atomic E-state index is -1.04. The van der Waals surface area contributed by atoms with Gasteiger partial charge in [-0.15, -0.1) is 0 Å². The number of carbonyl (C=O) groups excluding carboxylic acids is 1. The van der Waals surface area contributed by atoms with Gasteiger partial charge in [0.2, 0.25) is 0 Å². The van der Waals surface area contributed by atoms with Crippen LogP contribution in [0.2, 0.25) is 0 Å². The van der Waals surface area contributed by atoms with E-state index in [1.165, 1.54) is 11.8 Å². The van der Waals surface area contributed by atoms with Gasteiger partial charge in [0.05, 0.1) is 5.56 Å². The van der Waals surface area contributed by atoms with E-state index in [2.05, 4.69) is 21.2 Å². The second kappa shape index (κ2) is 7.40. The molecule has 1 aromatic rings. The number of aliphatic carboxylic acids is 1. The molecule has 1 rings (SSSR count). The van der Waals surface area contributed by atoms with Gasteiger partial charge in [-0.1, -0.05) is 15.9 Å². The van der Waals surface area contributed by atoms with Gasteiger partial charge in [0, 0.05) is 10.2 Å². The lowest BCUT2D eigenvalue weighted by Gasteiger charge is -2.14. The molecule has 0 aliphatic carbocycles. The Labute approximate surface area is 124 Å². The van der Waals surface area contributed by atoms with Gasteiger partial charge in [-0.3, -0.25) is 4.79 Å². The number of benzene rings is 1. The molecule has 1 atom stereocenters. The van der Waals surface area contributed by atoms with Crippen molar-refractivity contribution in [3.05, 3.63) is 28.2 Å². The third-order valence-electron chi connectivity index (χ3n) is 2.47. The largest absolute Gasteiger partial charge is 0.480 e. The van der Waals surface area contributed by atoms with Crippen LogP contribution >= 0.6 is 27.7 Å². The highest BCUT2D eigenvalue weighted by Crippen LogP contribution is 2.18. The first kappa shape index (κ1) is 15.8. The summed E-state index contributed by atoms with van der Waals surface area (Å²) in [7, 11) is 0. The molecule has 5 nitrogen and oxygen atoms in total. The van der Waals surface area contributed by atoms with Crippen LogP contribution in [0.1, 0.15) is 16.8 Å². The van der Waals surface area contributed by atoms with Gasteiger partial charge in [-0.2, -0.15) is 11.8 Å². The van der Waals surface area contributed by atoms with E-state index >= 15 is 0 Å².